The van der Waals surface area contributed by atoms with Crippen LogP contribution in [0.1, 0.15) is 15.9 Å². The van der Waals surface area contributed by atoms with E-state index in [-0.39, 0.29) is 5.91 Å². The smallest absolute Gasteiger partial charge is 0.256 e. The summed E-state index contributed by atoms with van der Waals surface area (Å²) in [5.41, 5.74) is 0.991. The Bertz CT molecular complexity index is 778. The highest BCUT2D eigenvalue weighted by Gasteiger charge is 2.26. The summed E-state index contributed by atoms with van der Waals surface area (Å²) in [5.74, 6) is 0.554. The van der Waals surface area contributed by atoms with Crippen molar-refractivity contribution in [3.8, 4) is 6.07 Å². The lowest BCUT2D eigenvalue weighted by Gasteiger charge is -2.35. The van der Waals surface area contributed by atoms with E-state index in [1.54, 1.807) is 29.3 Å². The van der Waals surface area contributed by atoms with Crippen LogP contribution in [0.3, 0.4) is 0 Å². The number of pyridine rings is 1. The van der Waals surface area contributed by atoms with Gasteiger partial charge in [-0.1, -0.05) is 23.2 Å². The summed E-state index contributed by atoms with van der Waals surface area (Å²) in [6, 6.07) is 7.24. The first-order valence-corrected chi connectivity index (χ1v) is 8.51. The number of carbonyl (C=O) groups is 1. The molecule has 23 heavy (non-hydrogen) atoms. The number of carbonyl (C=O) groups excluding carboxylic acids is 1. The van der Waals surface area contributed by atoms with Gasteiger partial charge < -0.3 is 9.80 Å². The van der Waals surface area contributed by atoms with Crippen LogP contribution in [0.15, 0.2) is 24.4 Å². The highest BCUT2D eigenvalue weighted by molar-refractivity contribution is 7.20. The van der Waals surface area contributed by atoms with Gasteiger partial charge in [0.2, 0.25) is 0 Å². The number of amides is 1. The van der Waals surface area contributed by atoms with Crippen molar-refractivity contribution >= 4 is 46.3 Å². The summed E-state index contributed by atoms with van der Waals surface area (Å²) in [7, 11) is 0. The lowest BCUT2D eigenvalue weighted by atomic mass is 10.2. The lowest BCUT2D eigenvalue weighted by Crippen LogP contribution is -2.49. The molecule has 1 fully saturated rings. The lowest BCUT2D eigenvalue weighted by molar-refractivity contribution is 0.0747. The maximum absolute atomic E-state index is 12.5. The fourth-order valence-electron chi connectivity index (χ4n) is 2.51. The Hall–Kier alpha value is -1.81. The molecule has 2 aromatic rings. The molecule has 1 saturated heterocycles. The summed E-state index contributed by atoms with van der Waals surface area (Å²) in [5, 5.41) is 9.16. The number of halogens is 2. The SMILES string of the molecule is N#Cc1cccnc1N1CCN(C(=O)c2cc(Cl)sc2Cl)CC1. The van der Waals surface area contributed by atoms with Crippen molar-refractivity contribution in [2.45, 2.75) is 0 Å². The van der Waals surface area contributed by atoms with Crippen molar-refractivity contribution < 1.29 is 4.79 Å². The van der Waals surface area contributed by atoms with Gasteiger partial charge in [0, 0.05) is 32.4 Å². The van der Waals surface area contributed by atoms with E-state index in [2.05, 4.69) is 11.1 Å². The van der Waals surface area contributed by atoms with Gasteiger partial charge >= 0.3 is 0 Å². The standard InChI is InChI=1S/C15H12Cl2N4OS/c16-12-8-11(13(17)23-12)15(22)21-6-4-20(5-7-21)14-10(9-18)2-1-3-19-14/h1-3,8H,4-7H2. The number of nitriles is 1. The number of piperazine rings is 1. The van der Waals surface area contributed by atoms with Gasteiger partial charge in [0.05, 0.1) is 15.5 Å². The molecule has 0 radical (unpaired) electrons. The number of anilines is 1. The Morgan fingerprint density at radius 1 is 1.30 bits per heavy atom. The Morgan fingerprint density at radius 3 is 2.65 bits per heavy atom. The number of nitrogens with zero attached hydrogens (tertiary/aromatic N) is 4. The van der Waals surface area contributed by atoms with Crippen LogP contribution >= 0.6 is 34.5 Å². The molecule has 0 bridgehead atoms. The van der Waals surface area contributed by atoms with Crippen LogP contribution in [-0.2, 0) is 0 Å². The van der Waals surface area contributed by atoms with E-state index in [9.17, 15) is 4.79 Å². The number of hydrogen-bond donors (Lipinski definition) is 0. The zero-order chi connectivity index (χ0) is 16.4. The molecule has 1 aliphatic heterocycles. The first-order valence-electron chi connectivity index (χ1n) is 6.94. The number of rotatable bonds is 2. The quantitative estimate of drug-likeness (QED) is 0.817. The molecule has 0 N–H and O–H groups in total. The zero-order valence-electron chi connectivity index (χ0n) is 12.0. The second-order valence-electron chi connectivity index (χ2n) is 5.00. The van der Waals surface area contributed by atoms with Crippen molar-refractivity contribution in [1.82, 2.24) is 9.88 Å². The van der Waals surface area contributed by atoms with Gasteiger partial charge in [-0.05, 0) is 18.2 Å². The second kappa shape index (κ2) is 6.75. The zero-order valence-corrected chi connectivity index (χ0v) is 14.3. The molecule has 0 unspecified atom stereocenters. The Labute approximate surface area is 147 Å². The highest BCUT2D eigenvalue weighted by atomic mass is 35.5. The van der Waals surface area contributed by atoms with Crippen molar-refractivity contribution in [3.05, 3.63) is 44.2 Å². The van der Waals surface area contributed by atoms with Crippen molar-refractivity contribution in [1.29, 1.82) is 5.26 Å². The summed E-state index contributed by atoms with van der Waals surface area (Å²) in [4.78, 5) is 20.5. The van der Waals surface area contributed by atoms with Crippen LogP contribution in [0.25, 0.3) is 0 Å². The summed E-state index contributed by atoms with van der Waals surface area (Å²) in [6.45, 7) is 2.33. The van der Waals surface area contributed by atoms with Crippen LogP contribution in [0.2, 0.25) is 8.67 Å². The molecule has 0 spiro atoms. The molecule has 3 heterocycles. The Morgan fingerprint density at radius 2 is 2.04 bits per heavy atom. The van der Waals surface area contributed by atoms with E-state index in [0.29, 0.717) is 51.8 Å². The second-order valence-corrected chi connectivity index (χ2v) is 7.29. The van der Waals surface area contributed by atoms with Gasteiger partial charge in [0.1, 0.15) is 16.2 Å². The first kappa shape index (κ1) is 16.1. The molecule has 8 heteroatoms. The number of hydrogen-bond acceptors (Lipinski definition) is 5. The molecule has 0 aliphatic carbocycles. The molecular weight excluding hydrogens is 355 g/mol. The third-order valence-electron chi connectivity index (χ3n) is 3.66. The molecule has 118 valence electrons. The Kier molecular flexibility index (Phi) is 4.71. The van der Waals surface area contributed by atoms with E-state index in [1.165, 1.54) is 11.3 Å². The third kappa shape index (κ3) is 3.27. The summed E-state index contributed by atoms with van der Waals surface area (Å²) >= 11 is 13.1. The van der Waals surface area contributed by atoms with Gasteiger partial charge in [-0.3, -0.25) is 4.79 Å². The number of aromatic nitrogens is 1. The average molecular weight is 367 g/mol. The van der Waals surface area contributed by atoms with E-state index < -0.39 is 0 Å². The van der Waals surface area contributed by atoms with E-state index >= 15 is 0 Å². The monoisotopic (exact) mass is 366 g/mol. The molecule has 0 aromatic carbocycles. The topological polar surface area (TPSA) is 60.2 Å². The predicted molar refractivity (Wildman–Crippen MR) is 91.4 cm³/mol. The van der Waals surface area contributed by atoms with Gasteiger partial charge in [-0.2, -0.15) is 5.26 Å². The molecule has 0 saturated carbocycles. The third-order valence-corrected chi connectivity index (χ3v) is 5.15. The van der Waals surface area contributed by atoms with Crippen molar-refractivity contribution in [3.63, 3.8) is 0 Å². The minimum Gasteiger partial charge on any atom is -0.352 e. The van der Waals surface area contributed by atoms with Gasteiger partial charge in [0.25, 0.3) is 5.91 Å². The fraction of sp³-hybridized carbons (Fsp3) is 0.267. The van der Waals surface area contributed by atoms with Gasteiger partial charge in [-0.15, -0.1) is 11.3 Å². The Balaban J connectivity index is 1.70. The normalized spacial score (nSPS) is 14.7. The van der Waals surface area contributed by atoms with Gasteiger partial charge in [-0.25, -0.2) is 4.98 Å². The van der Waals surface area contributed by atoms with E-state index in [4.69, 9.17) is 28.5 Å². The first-order chi connectivity index (χ1) is 11.1. The van der Waals surface area contributed by atoms with Crippen LogP contribution in [-0.4, -0.2) is 42.0 Å². The van der Waals surface area contributed by atoms with E-state index in [1.807, 2.05) is 4.90 Å². The molecule has 0 atom stereocenters. The van der Waals surface area contributed by atoms with Crippen LogP contribution in [0, 0.1) is 11.3 Å². The van der Waals surface area contributed by atoms with Crippen molar-refractivity contribution in [2.24, 2.45) is 0 Å². The summed E-state index contributed by atoms with van der Waals surface area (Å²) < 4.78 is 0.919. The molecule has 1 aliphatic rings. The largest absolute Gasteiger partial charge is 0.352 e. The molecule has 1 amide bonds. The average Bonchev–Trinajstić information content (AvgIpc) is 2.92. The maximum Gasteiger partial charge on any atom is 0.256 e. The maximum atomic E-state index is 12.5. The van der Waals surface area contributed by atoms with E-state index in [0.717, 1.165) is 0 Å². The number of thiophene rings is 1. The molecule has 2 aromatic heterocycles. The highest BCUT2D eigenvalue weighted by Crippen LogP contribution is 2.32. The molecule has 5 nitrogen and oxygen atoms in total. The van der Waals surface area contributed by atoms with Crippen LogP contribution < -0.4 is 4.90 Å². The van der Waals surface area contributed by atoms with Gasteiger partial charge in [0.15, 0.2) is 0 Å². The summed E-state index contributed by atoms with van der Waals surface area (Å²) in [6.07, 6.45) is 1.67. The molecular formula is C15H12Cl2N4OS. The minimum atomic E-state index is -0.112. The van der Waals surface area contributed by atoms with Crippen LogP contribution in [0.5, 0.6) is 0 Å². The fourth-order valence-corrected chi connectivity index (χ4v) is 3.96. The minimum absolute atomic E-state index is 0.112. The predicted octanol–water partition coefficient (Wildman–Crippen LogP) is 3.28. The molecule has 3 rings (SSSR count). The van der Waals surface area contributed by atoms with Crippen molar-refractivity contribution in [2.75, 3.05) is 31.1 Å². The van der Waals surface area contributed by atoms with Crippen LogP contribution in [0.4, 0.5) is 5.82 Å².